The van der Waals surface area contributed by atoms with Gasteiger partial charge in [-0.05, 0) is 91.8 Å². The van der Waals surface area contributed by atoms with Gasteiger partial charge in [-0.25, -0.2) is 28.3 Å². The molecule has 0 unspecified atom stereocenters. The second kappa shape index (κ2) is 18.1. The number of H-pyrrole nitrogens is 2. The number of nitrogens with zero attached hydrogens (tertiary/aromatic N) is 5. The van der Waals surface area contributed by atoms with Crippen molar-refractivity contribution in [3.05, 3.63) is 88.5 Å². The Morgan fingerprint density at radius 1 is 0.712 bits per heavy atom. The topological polar surface area (TPSA) is 189 Å². The summed E-state index contributed by atoms with van der Waals surface area (Å²) >= 11 is 0. The Bertz CT molecular complexity index is 2670. The molecule has 3 fully saturated rings. The number of carbonyl (C=O) groups is 4. The van der Waals surface area contributed by atoms with Crippen LogP contribution in [0.2, 0.25) is 0 Å². The Kier molecular flexibility index (Phi) is 12.6. The molecule has 15 nitrogen and oxygen atoms in total. The van der Waals surface area contributed by atoms with Gasteiger partial charge in [-0.3, -0.25) is 9.59 Å². The number of carboxylic acid groups (broad SMARTS) is 1. The van der Waals surface area contributed by atoms with E-state index >= 15 is 8.78 Å². The molecule has 4 amide bonds. The first-order valence-corrected chi connectivity index (χ1v) is 22.1. The summed E-state index contributed by atoms with van der Waals surface area (Å²) in [7, 11) is 1.23. The standard InChI is InChI=1S/C46H52F5N9O6/c1-22(2)38(56-44(63)64)42(61)58-16-6-8-35(58)40-52-29-12-10-24(18-31(29)54-40)33-14-15-34(60(33)37-21-27(47)26(20-28(37)48)46(49,50)51)25-11-13-30-32(19-25)55-41(53-30)36-9-7-17-59(36)43(62)39(23(3)4)57-45(65)66-5/h10-13,18-23,33-36,38-39,56H,6-9,14-17H2,1-5H3,(H,52,54)(H,53,55)(H,57,65)(H,63,64)/t33-,34-,35+,36+,38+,39+/m1/s1. The number of aromatic amines is 2. The number of fused-ring (bicyclic) bond motifs is 2. The zero-order valence-electron chi connectivity index (χ0n) is 37.0. The molecule has 3 saturated heterocycles. The van der Waals surface area contributed by atoms with Crippen LogP contribution >= 0.6 is 0 Å². The van der Waals surface area contributed by atoms with Crippen LogP contribution < -0.4 is 15.5 Å². The minimum absolute atomic E-state index is 0.190. The SMILES string of the molecule is COC(=O)N[C@H](C(=O)N1CCC[C@H]1c1nc2ccc([C@H]3CC[C@H](c4ccc5nc([C@@H]6CCCN6C(=O)[C@@H](NC(=O)O)C(C)C)[nH]c5c4)N3c3cc(F)c(C(F)(F)F)cc3F)cc2[nH]1)C(C)C. The lowest BCUT2D eigenvalue weighted by Gasteiger charge is -2.34. The summed E-state index contributed by atoms with van der Waals surface area (Å²) in [5.41, 5.74) is 1.58. The highest BCUT2D eigenvalue weighted by Crippen LogP contribution is 2.49. The normalized spacial score (nSPS) is 21.1. The fourth-order valence-corrected chi connectivity index (χ4v) is 9.91. The summed E-state index contributed by atoms with van der Waals surface area (Å²) in [6.45, 7) is 8.01. The quantitative estimate of drug-likeness (QED) is 0.0807. The van der Waals surface area contributed by atoms with Crippen LogP contribution in [0.25, 0.3) is 22.1 Å². The number of benzene rings is 3. The molecule has 352 valence electrons. The van der Waals surface area contributed by atoms with Crippen LogP contribution in [0.1, 0.15) is 119 Å². The predicted molar refractivity (Wildman–Crippen MR) is 232 cm³/mol. The van der Waals surface area contributed by atoms with E-state index in [1.807, 2.05) is 26.0 Å². The Labute approximate surface area is 376 Å². The lowest BCUT2D eigenvalue weighted by atomic mass is 10.0. The van der Waals surface area contributed by atoms with Crippen LogP contribution in [-0.2, 0) is 20.5 Å². The number of imidazole rings is 2. The summed E-state index contributed by atoms with van der Waals surface area (Å²) < 4.78 is 77.8. The lowest BCUT2D eigenvalue weighted by molar-refractivity contribution is -0.140. The average molecular weight is 922 g/mol. The molecule has 8 rings (SSSR count). The highest BCUT2D eigenvalue weighted by atomic mass is 19.4. The van der Waals surface area contributed by atoms with E-state index in [-0.39, 0.29) is 35.4 Å². The Morgan fingerprint density at radius 3 is 1.64 bits per heavy atom. The molecule has 3 aliphatic rings. The summed E-state index contributed by atoms with van der Waals surface area (Å²) in [6.07, 6.45) is -3.79. The maximum atomic E-state index is 16.2. The van der Waals surface area contributed by atoms with Crippen LogP contribution in [0.5, 0.6) is 0 Å². The number of likely N-dealkylation sites (tertiary alicyclic amines) is 2. The maximum absolute atomic E-state index is 16.2. The van der Waals surface area contributed by atoms with Crippen molar-refractivity contribution >= 4 is 51.8 Å². The molecule has 66 heavy (non-hydrogen) atoms. The number of methoxy groups -OCH3 is 1. The van der Waals surface area contributed by atoms with Gasteiger partial charge in [-0.2, -0.15) is 13.2 Å². The number of rotatable bonds is 11. The molecule has 5 N–H and O–H groups in total. The fraction of sp³-hybridized carbons (Fsp3) is 0.478. The molecular formula is C46H52F5N9O6. The second-order valence-electron chi connectivity index (χ2n) is 18.0. The molecule has 3 aromatic carbocycles. The average Bonchev–Trinajstić information content (AvgIpc) is 4.12. The van der Waals surface area contributed by atoms with Gasteiger partial charge in [0.05, 0.1) is 64.6 Å². The number of nitrogens with one attached hydrogen (secondary N) is 4. The van der Waals surface area contributed by atoms with Gasteiger partial charge in [0.25, 0.3) is 0 Å². The number of halogens is 5. The van der Waals surface area contributed by atoms with E-state index in [0.29, 0.717) is 103 Å². The highest BCUT2D eigenvalue weighted by molar-refractivity contribution is 5.87. The van der Waals surface area contributed by atoms with E-state index in [0.717, 1.165) is 0 Å². The minimum atomic E-state index is -5.13. The molecule has 5 aromatic rings. The van der Waals surface area contributed by atoms with E-state index in [1.165, 1.54) is 7.11 Å². The predicted octanol–water partition coefficient (Wildman–Crippen LogP) is 8.82. The number of ether oxygens (including phenoxy) is 1. The molecule has 5 heterocycles. The summed E-state index contributed by atoms with van der Waals surface area (Å²) in [5, 5.41) is 14.4. The number of alkyl halides is 3. The van der Waals surface area contributed by atoms with Crippen LogP contribution in [0.4, 0.5) is 37.2 Å². The van der Waals surface area contributed by atoms with Gasteiger partial charge in [-0.15, -0.1) is 0 Å². The Morgan fingerprint density at radius 2 is 1.20 bits per heavy atom. The van der Waals surface area contributed by atoms with Crippen molar-refractivity contribution in [2.75, 3.05) is 25.1 Å². The van der Waals surface area contributed by atoms with Crippen LogP contribution in [-0.4, -0.2) is 91.1 Å². The number of anilines is 1. The number of hydrogen-bond acceptors (Lipinski definition) is 8. The number of hydrogen-bond donors (Lipinski definition) is 5. The zero-order valence-corrected chi connectivity index (χ0v) is 37.0. The third-order valence-electron chi connectivity index (χ3n) is 13.1. The van der Waals surface area contributed by atoms with E-state index in [9.17, 15) is 37.5 Å². The van der Waals surface area contributed by atoms with Crippen LogP contribution in [0.3, 0.4) is 0 Å². The molecule has 0 radical (unpaired) electrons. The van der Waals surface area contributed by atoms with Gasteiger partial charge < -0.3 is 45.1 Å². The molecule has 20 heteroatoms. The molecule has 3 aliphatic heterocycles. The van der Waals surface area contributed by atoms with Gasteiger partial charge in [0, 0.05) is 19.2 Å². The van der Waals surface area contributed by atoms with Crippen molar-refractivity contribution in [1.82, 2.24) is 40.4 Å². The van der Waals surface area contributed by atoms with Gasteiger partial charge in [0.15, 0.2) is 0 Å². The molecule has 0 bridgehead atoms. The third-order valence-corrected chi connectivity index (χ3v) is 13.1. The van der Waals surface area contributed by atoms with E-state index in [2.05, 4.69) is 20.6 Å². The summed E-state index contributed by atoms with van der Waals surface area (Å²) in [4.78, 5) is 72.3. The molecule has 0 saturated carbocycles. The minimum Gasteiger partial charge on any atom is -0.465 e. The van der Waals surface area contributed by atoms with Gasteiger partial charge in [-0.1, -0.05) is 39.8 Å². The monoisotopic (exact) mass is 921 g/mol. The number of alkyl carbamates (subject to hydrolysis) is 1. The van der Waals surface area contributed by atoms with Gasteiger partial charge in [0.2, 0.25) is 11.8 Å². The Balaban J connectivity index is 1.12. The fourth-order valence-electron chi connectivity index (χ4n) is 9.91. The molecule has 2 aromatic heterocycles. The number of carbonyl (C=O) groups excluding carboxylic acids is 3. The van der Waals surface area contributed by atoms with Crippen molar-refractivity contribution in [2.24, 2.45) is 11.8 Å². The van der Waals surface area contributed by atoms with Crippen molar-refractivity contribution in [1.29, 1.82) is 0 Å². The molecule has 0 spiro atoms. The lowest BCUT2D eigenvalue weighted by Crippen LogP contribution is -2.51. The maximum Gasteiger partial charge on any atom is 0.419 e. The van der Waals surface area contributed by atoms with E-state index in [1.54, 1.807) is 52.8 Å². The number of aromatic nitrogens is 4. The third kappa shape index (κ3) is 8.80. The zero-order chi connectivity index (χ0) is 47.4. The van der Waals surface area contributed by atoms with Crippen molar-refractivity contribution in [3.8, 4) is 0 Å². The van der Waals surface area contributed by atoms with Crippen molar-refractivity contribution in [3.63, 3.8) is 0 Å². The van der Waals surface area contributed by atoms with Crippen LogP contribution in [0, 0.1) is 23.5 Å². The molecule has 6 atom stereocenters. The first-order valence-electron chi connectivity index (χ1n) is 22.1. The van der Waals surface area contributed by atoms with E-state index in [4.69, 9.17) is 14.7 Å². The van der Waals surface area contributed by atoms with Crippen molar-refractivity contribution in [2.45, 2.75) is 109 Å². The summed E-state index contributed by atoms with van der Waals surface area (Å²) in [6, 6.07) is 7.59. The summed E-state index contributed by atoms with van der Waals surface area (Å²) in [5.74, 6) is -3.01. The first-order chi connectivity index (χ1) is 31.3. The highest BCUT2D eigenvalue weighted by Gasteiger charge is 2.42. The van der Waals surface area contributed by atoms with Gasteiger partial charge >= 0.3 is 18.4 Å². The number of amides is 4. The van der Waals surface area contributed by atoms with Crippen molar-refractivity contribution < 1.29 is 51.0 Å². The smallest absolute Gasteiger partial charge is 0.419 e. The first kappa shape index (κ1) is 46.1. The molecular weight excluding hydrogens is 870 g/mol. The Hall–Kier alpha value is -6.47. The largest absolute Gasteiger partial charge is 0.465 e. The van der Waals surface area contributed by atoms with E-state index < -0.39 is 71.8 Å². The van der Waals surface area contributed by atoms with Gasteiger partial charge in [0.1, 0.15) is 35.4 Å². The molecule has 0 aliphatic carbocycles. The van der Waals surface area contributed by atoms with Crippen LogP contribution in [0.15, 0.2) is 48.5 Å². The second-order valence-corrected chi connectivity index (χ2v) is 18.0.